The predicted molar refractivity (Wildman–Crippen MR) is 162 cm³/mol. The largest absolute Gasteiger partial charge is 0.391 e. The standard InChI is InChI=1S/C34H35N3O3S/c1-3-23-12-16-28(17-13-23)41(40)36-33-30-19-27(15-14-25(30)18-32(33)38)37(21-26-11-7-8-22(2)35-26)34(39)31-20-29(31)24-9-5-4-6-10-24/h4-17,19,29,31-33,36,38H,3,18,20-21H2,1-2H3/t29?,31?,32-,33?,41?/m1/s1. The van der Waals surface area contributed by atoms with Gasteiger partial charge in [-0.15, -0.1) is 0 Å². The van der Waals surface area contributed by atoms with Crippen LogP contribution in [0.2, 0.25) is 0 Å². The summed E-state index contributed by atoms with van der Waals surface area (Å²) in [5.74, 6) is 0.196. The molecule has 7 heteroatoms. The Labute approximate surface area is 244 Å². The van der Waals surface area contributed by atoms with E-state index >= 15 is 0 Å². The van der Waals surface area contributed by atoms with Crippen molar-refractivity contribution in [3.05, 3.63) is 125 Å². The molecule has 0 saturated heterocycles. The number of rotatable bonds is 9. The van der Waals surface area contributed by atoms with Crippen LogP contribution in [-0.4, -0.2) is 26.3 Å². The average Bonchev–Trinajstić information content (AvgIpc) is 3.74. The quantitative estimate of drug-likeness (QED) is 0.278. The lowest BCUT2D eigenvalue weighted by molar-refractivity contribution is -0.120. The van der Waals surface area contributed by atoms with Gasteiger partial charge in [-0.3, -0.25) is 9.78 Å². The fourth-order valence-electron chi connectivity index (χ4n) is 5.83. The van der Waals surface area contributed by atoms with Crippen molar-refractivity contribution in [2.24, 2.45) is 5.92 Å². The van der Waals surface area contributed by atoms with Crippen LogP contribution in [0.1, 0.15) is 58.9 Å². The summed E-state index contributed by atoms with van der Waals surface area (Å²) in [7, 11) is -1.50. The molecule has 0 spiro atoms. The van der Waals surface area contributed by atoms with Crippen LogP contribution in [0.3, 0.4) is 0 Å². The topological polar surface area (TPSA) is 82.5 Å². The Morgan fingerprint density at radius 2 is 1.80 bits per heavy atom. The van der Waals surface area contributed by atoms with Crippen LogP contribution in [0.4, 0.5) is 5.69 Å². The van der Waals surface area contributed by atoms with E-state index in [-0.39, 0.29) is 17.7 Å². The molecule has 5 atom stereocenters. The van der Waals surface area contributed by atoms with Crippen LogP contribution in [0.5, 0.6) is 0 Å². The van der Waals surface area contributed by atoms with Gasteiger partial charge in [0.1, 0.15) is 11.0 Å². The van der Waals surface area contributed by atoms with Crippen molar-refractivity contribution in [3.8, 4) is 0 Å². The third-order valence-corrected chi connectivity index (χ3v) is 9.41. The number of carbonyl (C=O) groups excluding carboxylic acids is 1. The summed E-state index contributed by atoms with van der Waals surface area (Å²) in [6, 6.07) is 29.2. The molecule has 41 heavy (non-hydrogen) atoms. The number of hydrogen-bond acceptors (Lipinski definition) is 4. The minimum absolute atomic E-state index is 0.0738. The van der Waals surface area contributed by atoms with Gasteiger partial charge in [0.05, 0.1) is 29.3 Å². The third-order valence-electron chi connectivity index (χ3n) is 8.24. The highest BCUT2D eigenvalue weighted by atomic mass is 32.2. The number of benzene rings is 3. The lowest BCUT2D eigenvalue weighted by atomic mass is 10.1. The Bertz CT molecular complexity index is 1570. The van der Waals surface area contributed by atoms with Gasteiger partial charge in [-0.2, -0.15) is 0 Å². The monoisotopic (exact) mass is 565 g/mol. The average molecular weight is 566 g/mol. The van der Waals surface area contributed by atoms with Crippen LogP contribution < -0.4 is 9.62 Å². The Morgan fingerprint density at radius 3 is 2.54 bits per heavy atom. The summed E-state index contributed by atoms with van der Waals surface area (Å²) >= 11 is 0. The minimum atomic E-state index is -1.50. The van der Waals surface area contributed by atoms with Gasteiger partial charge in [0.25, 0.3) is 0 Å². The summed E-state index contributed by atoms with van der Waals surface area (Å²) < 4.78 is 16.4. The fraction of sp³-hybridized carbons (Fsp3) is 0.294. The zero-order chi connectivity index (χ0) is 28.5. The first-order valence-electron chi connectivity index (χ1n) is 14.3. The first-order valence-corrected chi connectivity index (χ1v) is 15.4. The van der Waals surface area contributed by atoms with E-state index in [9.17, 15) is 14.1 Å². The molecule has 1 amide bonds. The number of nitrogens with one attached hydrogen (secondary N) is 1. The van der Waals surface area contributed by atoms with E-state index in [4.69, 9.17) is 0 Å². The first-order chi connectivity index (χ1) is 19.9. The Hall–Kier alpha value is -3.65. The van der Waals surface area contributed by atoms with E-state index < -0.39 is 23.1 Å². The smallest absolute Gasteiger partial charge is 0.231 e. The molecule has 3 aromatic carbocycles. The van der Waals surface area contributed by atoms with Crippen LogP contribution in [-0.2, 0) is 35.2 Å². The second kappa shape index (κ2) is 11.7. The second-order valence-electron chi connectivity index (χ2n) is 11.1. The van der Waals surface area contributed by atoms with E-state index in [1.54, 1.807) is 0 Å². The number of hydrogen-bond donors (Lipinski definition) is 2. The van der Waals surface area contributed by atoms with Crippen molar-refractivity contribution in [1.82, 2.24) is 9.71 Å². The number of anilines is 1. The summed E-state index contributed by atoms with van der Waals surface area (Å²) in [6.07, 6.45) is 1.49. The molecule has 0 bridgehead atoms. The number of aliphatic hydroxyl groups is 1. The molecule has 1 heterocycles. The Morgan fingerprint density at radius 1 is 1.02 bits per heavy atom. The number of amides is 1. The van der Waals surface area contributed by atoms with E-state index in [1.807, 2.05) is 90.7 Å². The molecule has 2 aliphatic carbocycles. The normalized spacial score (nSPS) is 21.7. The van der Waals surface area contributed by atoms with Gasteiger partial charge >= 0.3 is 0 Å². The van der Waals surface area contributed by atoms with Crippen LogP contribution in [0, 0.1) is 12.8 Å². The maximum atomic E-state index is 14.0. The van der Waals surface area contributed by atoms with Crippen molar-refractivity contribution in [2.45, 2.75) is 62.6 Å². The van der Waals surface area contributed by atoms with Crippen molar-refractivity contribution in [2.75, 3.05) is 4.90 Å². The number of nitrogens with zero attached hydrogens (tertiary/aromatic N) is 2. The van der Waals surface area contributed by atoms with E-state index in [1.165, 1.54) is 11.1 Å². The highest BCUT2D eigenvalue weighted by Gasteiger charge is 2.46. The van der Waals surface area contributed by atoms with Crippen molar-refractivity contribution >= 4 is 22.6 Å². The molecule has 6 rings (SSSR count). The highest BCUT2D eigenvalue weighted by molar-refractivity contribution is 7.83. The van der Waals surface area contributed by atoms with Gasteiger partial charge < -0.3 is 10.0 Å². The van der Waals surface area contributed by atoms with Crippen LogP contribution >= 0.6 is 0 Å². The van der Waals surface area contributed by atoms with Gasteiger partial charge in [-0.25, -0.2) is 8.93 Å². The summed E-state index contributed by atoms with van der Waals surface area (Å²) in [5, 5.41) is 11.0. The molecule has 1 aromatic heterocycles. The lowest BCUT2D eigenvalue weighted by Gasteiger charge is -2.25. The van der Waals surface area contributed by atoms with E-state index in [2.05, 4.69) is 28.8 Å². The van der Waals surface area contributed by atoms with Crippen LogP contribution in [0.25, 0.3) is 0 Å². The number of aryl methyl sites for hydroxylation is 2. The molecule has 210 valence electrons. The molecule has 1 saturated carbocycles. The summed E-state index contributed by atoms with van der Waals surface area (Å²) in [4.78, 5) is 21.2. The maximum Gasteiger partial charge on any atom is 0.231 e. The molecular weight excluding hydrogens is 530 g/mol. The number of pyridine rings is 1. The number of carbonyl (C=O) groups is 1. The molecule has 0 aliphatic heterocycles. The zero-order valence-corrected chi connectivity index (χ0v) is 24.2. The van der Waals surface area contributed by atoms with Gasteiger partial charge in [0.15, 0.2) is 0 Å². The molecule has 6 nitrogen and oxygen atoms in total. The number of aliphatic hydroxyl groups excluding tert-OH is 1. The zero-order valence-electron chi connectivity index (χ0n) is 23.4. The Balaban J connectivity index is 1.29. The van der Waals surface area contributed by atoms with Crippen molar-refractivity contribution in [1.29, 1.82) is 0 Å². The number of fused-ring (bicyclic) bond motifs is 1. The van der Waals surface area contributed by atoms with Crippen molar-refractivity contribution < 1.29 is 14.1 Å². The molecule has 1 fully saturated rings. The van der Waals surface area contributed by atoms with Gasteiger partial charge in [0, 0.05) is 23.7 Å². The predicted octanol–water partition coefficient (Wildman–Crippen LogP) is 5.56. The fourth-order valence-corrected chi connectivity index (χ4v) is 6.87. The molecule has 4 unspecified atom stereocenters. The molecule has 2 aliphatic rings. The van der Waals surface area contributed by atoms with Crippen molar-refractivity contribution in [3.63, 3.8) is 0 Å². The van der Waals surface area contributed by atoms with Gasteiger partial charge in [-0.1, -0.05) is 61.5 Å². The van der Waals surface area contributed by atoms with E-state index in [0.717, 1.165) is 41.0 Å². The number of aromatic nitrogens is 1. The minimum Gasteiger partial charge on any atom is -0.391 e. The Kier molecular flexibility index (Phi) is 7.84. The van der Waals surface area contributed by atoms with Gasteiger partial charge in [-0.05, 0) is 84.3 Å². The second-order valence-corrected chi connectivity index (χ2v) is 12.3. The molecule has 4 aromatic rings. The molecular formula is C34H35N3O3S. The summed E-state index contributed by atoms with van der Waals surface area (Å²) in [6.45, 7) is 4.39. The maximum absolute atomic E-state index is 14.0. The highest BCUT2D eigenvalue weighted by Crippen LogP contribution is 2.49. The SMILES string of the molecule is CCc1ccc(S(=O)NC2c3cc(N(Cc4cccc(C)n4)C(=O)C4CC4c4ccccc4)ccc3C[C@H]2O)cc1. The first kappa shape index (κ1) is 27.5. The molecule has 2 N–H and O–H groups in total. The molecule has 0 radical (unpaired) electrons. The lowest BCUT2D eigenvalue weighted by Crippen LogP contribution is -2.33. The van der Waals surface area contributed by atoms with Crippen LogP contribution in [0.15, 0.2) is 95.9 Å². The summed E-state index contributed by atoms with van der Waals surface area (Å²) in [5.41, 5.74) is 6.72. The van der Waals surface area contributed by atoms with E-state index in [0.29, 0.717) is 17.9 Å². The third kappa shape index (κ3) is 5.89. The van der Waals surface area contributed by atoms with Gasteiger partial charge in [0.2, 0.25) is 5.91 Å².